The van der Waals surface area contributed by atoms with E-state index < -0.39 is 0 Å². The van der Waals surface area contributed by atoms with Crippen LogP contribution in [-0.2, 0) is 0 Å². The zero-order chi connectivity index (χ0) is 15.1. The lowest BCUT2D eigenvalue weighted by Crippen LogP contribution is -2.02. The van der Waals surface area contributed by atoms with E-state index in [1.165, 1.54) is 0 Å². The third kappa shape index (κ3) is 2.96. The summed E-state index contributed by atoms with van der Waals surface area (Å²) in [5.74, 6) is 0.785. The quantitative estimate of drug-likeness (QED) is 0.299. The van der Waals surface area contributed by atoms with Crippen molar-refractivity contribution in [2.45, 2.75) is 12.3 Å². The van der Waals surface area contributed by atoms with E-state index in [2.05, 4.69) is 43.5 Å². The molecule has 1 aromatic heterocycles. The molecule has 2 nitrogen and oxygen atoms in total. The van der Waals surface area contributed by atoms with E-state index in [1.807, 2.05) is 47.9 Å². The minimum Gasteiger partial charge on any atom is -0.294 e. The van der Waals surface area contributed by atoms with Crippen LogP contribution < -0.4 is 0 Å². The monoisotopic (exact) mass is 494 g/mol. The first-order valence-electron chi connectivity index (χ1n) is 6.25. The van der Waals surface area contributed by atoms with Gasteiger partial charge in [0.05, 0.1) is 27.1 Å². The first kappa shape index (κ1) is 15.6. The fourth-order valence-electron chi connectivity index (χ4n) is 2.25. The van der Waals surface area contributed by atoms with Crippen LogP contribution in [0.3, 0.4) is 0 Å². The van der Waals surface area contributed by atoms with Crippen molar-refractivity contribution in [3.8, 4) is 5.69 Å². The molecule has 1 heterocycles. The largest absolute Gasteiger partial charge is 0.294 e. The Morgan fingerprint density at radius 3 is 2.67 bits per heavy atom. The molecule has 0 bridgehead atoms. The maximum Gasteiger partial charge on any atom is 0.132 e. The summed E-state index contributed by atoms with van der Waals surface area (Å²) in [4.78, 5) is 4.65. The average Bonchev–Trinajstić information content (AvgIpc) is 2.77. The number of hydrogen-bond donors (Lipinski definition) is 0. The third-order valence-electron chi connectivity index (χ3n) is 3.15. The van der Waals surface area contributed by atoms with Gasteiger partial charge in [-0.1, -0.05) is 27.5 Å². The molecule has 0 amide bonds. The number of alkyl halides is 1. The lowest BCUT2D eigenvalue weighted by atomic mass is 10.2. The molecule has 21 heavy (non-hydrogen) atoms. The molecule has 6 heteroatoms. The Kier molecular flexibility index (Phi) is 4.50. The summed E-state index contributed by atoms with van der Waals surface area (Å²) in [5, 5.41) is 0.467. The van der Waals surface area contributed by atoms with Crippen molar-refractivity contribution in [2.24, 2.45) is 0 Å². The van der Waals surface area contributed by atoms with Gasteiger partial charge >= 0.3 is 0 Å². The Balaban J connectivity index is 2.36. The van der Waals surface area contributed by atoms with Crippen molar-refractivity contribution in [2.75, 3.05) is 0 Å². The molecule has 1 unspecified atom stereocenters. The highest BCUT2D eigenvalue weighted by molar-refractivity contribution is 14.1. The van der Waals surface area contributed by atoms with E-state index in [-0.39, 0.29) is 5.38 Å². The third-order valence-corrected chi connectivity index (χ3v) is 4.81. The summed E-state index contributed by atoms with van der Waals surface area (Å²) in [7, 11) is 0. The second-order valence-electron chi connectivity index (χ2n) is 4.65. The first-order valence-corrected chi connectivity index (χ1v) is 8.93. The maximum absolute atomic E-state index is 6.42. The molecule has 0 radical (unpaired) electrons. The smallest absolute Gasteiger partial charge is 0.132 e. The summed E-state index contributed by atoms with van der Waals surface area (Å²) in [5.41, 5.74) is 2.77. The number of imidazole rings is 1. The predicted molar refractivity (Wildman–Crippen MR) is 101 cm³/mol. The fourth-order valence-corrected chi connectivity index (χ4v) is 3.69. The molecule has 0 aliphatic carbocycles. The molecule has 3 rings (SSSR count). The highest BCUT2D eigenvalue weighted by Gasteiger charge is 2.18. The molecule has 0 aliphatic heterocycles. The Morgan fingerprint density at radius 2 is 2.00 bits per heavy atom. The Morgan fingerprint density at radius 1 is 1.24 bits per heavy atom. The van der Waals surface area contributed by atoms with E-state index in [0.717, 1.165) is 30.6 Å². The molecular weight excluding hydrogens is 486 g/mol. The molecule has 0 saturated heterocycles. The molecule has 3 aromatic rings. The topological polar surface area (TPSA) is 17.8 Å². The van der Waals surface area contributed by atoms with E-state index in [4.69, 9.17) is 23.2 Å². The van der Waals surface area contributed by atoms with Gasteiger partial charge in [0.15, 0.2) is 0 Å². The van der Waals surface area contributed by atoms with Gasteiger partial charge < -0.3 is 0 Å². The number of hydrogen-bond acceptors (Lipinski definition) is 1. The van der Waals surface area contributed by atoms with Gasteiger partial charge in [-0.25, -0.2) is 4.98 Å². The van der Waals surface area contributed by atoms with Gasteiger partial charge in [-0.05, 0) is 65.9 Å². The van der Waals surface area contributed by atoms with Gasteiger partial charge in [0, 0.05) is 8.04 Å². The van der Waals surface area contributed by atoms with E-state index in [9.17, 15) is 0 Å². The normalized spacial score (nSPS) is 12.8. The summed E-state index contributed by atoms with van der Waals surface area (Å²) in [6, 6.07) is 11.9. The van der Waals surface area contributed by atoms with Crippen molar-refractivity contribution >= 4 is 72.8 Å². The SMILES string of the molecule is CC(Cl)c1nc2cc(Br)ccc2n1-c1ccc(I)cc1Cl. The van der Waals surface area contributed by atoms with Crippen LogP contribution in [0.2, 0.25) is 5.02 Å². The zero-order valence-corrected chi connectivity index (χ0v) is 16.2. The lowest BCUT2D eigenvalue weighted by molar-refractivity contribution is 0.882. The zero-order valence-electron chi connectivity index (χ0n) is 10.9. The fraction of sp³-hybridized carbons (Fsp3) is 0.133. The van der Waals surface area contributed by atoms with Gasteiger partial charge in [-0.3, -0.25) is 4.57 Å². The van der Waals surface area contributed by atoms with Crippen molar-refractivity contribution in [3.05, 3.63) is 55.3 Å². The van der Waals surface area contributed by atoms with Gasteiger partial charge in [0.25, 0.3) is 0 Å². The standard InChI is InChI=1S/C15H10BrCl2IN2/c1-8(17)15-20-12-6-9(16)2-4-14(12)21(15)13-5-3-10(19)7-11(13)18/h2-8H,1H3. The van der Waals surface area contributed by atoms with Gasteiger partial charge in [0.2, 0.25) is 0 Å². The first-order chi connectivity index (χ1) is 9.97. The van der Waals surface area contributed by atoms with E-state index in [0.29, 0.717) is 5.02 Å². The molecule has 0 saturated carbocycles. The summed E-state index contributed by atoms with van der Waals surface area (Å²) in [6.45, 7) is 1.91. The van der Waals surface area contributed by atoms with Crippen LogP contribution in [0.15, 0.2) is 40.9 Å². The van der Waals surface area contributed by atoms with E-state index in [1.54, 1.807) is 0 Å². The van der Waals surface area contributed by atoms with Crippen LogP contribution in [0.25, 0.3) is 16.7 Å². The number of fused-ring (bicyclic) bond motifs is 1. The van der Waals surface area contributed by atoms with Crippen molar-refractivity contribution in [3.63, 3.8) is 0 Å². The van der Waals surface area contributed by atoms with Crippen LogP contribution in [0, 0.1) is 3.57 Å². The van der Waals surface area contributed by atoms with Gasteiger partial charge in [0.1, 0.15) is 5.82 Å². The molecule has 0 spiro atoms. The minimum atomic E-state index is -0.216. The van der Waals surface area contributed by atoms with E-state index >= 15 is 0 Å². The Hall–Kier alpha value is -0.300. The highest BCUT2D eigenvalue weighted by Crippen LogP contribution is 2.33. The van der Waals surface area contributed by atoms with Crippen LogP contribution >= 0.6 is 61.7 Å². The number of aromatic nitrogens is 2. The number of nitrogens with zero attached hydrogens (tertiary/aromatic N) is 2. The Labute approximate surface area is 154 Å². The number of halogens is 4. The van der Waals surface area contributed by atoms with Crippen molar-refractivity contribution in [1.29, 1.82) is 0 Å². The maximum atomic E-state index is 6.42. The summed E-state index contributed by atoms with van der Waals surface area (Å²) < 4.78 is 4.11. The molecule has 2 aromatic carbocycles. The van der Waals surface area contributed by atoms with Gasteiger partial charge in [-0.15, -0.1) is 11.6 Å². The molecule has 0 N–H and O–H groups in total. The molecule has 1 atom stereocenters. The number of benzene rings is 2. The molecule has 108 valence electrons. The highest BCUT2D eigenvalue weighted by atomic mass is 127. The lowest BCUT2D eigenvalue weighted by Gasteiger charge is -2.12. The molecular formula is C15H10BrCl2IN2. The van der Waals surface area contributed by atoms with Crippen molar-refractivity contribution in [1.82, 2.24) is 9.55 Å². The summed E-state index contributed by atoms with van der Waals surface area (Å²) >= 11 is 18.5. The van der Waals surface area contributed by atoms with Crippen molar-refractivity contribution < 1.29 is 0 Å². The van der Waals surface area contributed by atoms with Crippen LogP contribution in [-0.4, -0.2) is 9.55 Å². The Bertz CT molecular complexity index is 830. The predicted octanol–water partition coefficient (Wildman–Crippen LogP) is 6.35. The molecule has 0 fully saturated rings. The van der Waals surface area contributed by atoms with Gasteiger partial charge in [-0.2, -0.15) is 0 Å². The summed E-state index contributed by atoms with van der Waals surface area (Å²) in [6.07, 6.45) is 0. The van der Waals surface area contributed by atoms with Crippen LogP contribution in [0.5, 0.6) is 0 Å². The van der Waals surface area contributed by atoms with Crippen LogP contribution in [0.1, 0.15) is 18.1 Å². The minimum absolute atomic E-state index is 0.216. The molecule has 0 aliphatic rings. The number of rotatable bonds is 2. The second kappa shape index (κ2) is 6.07. The second-order valence-corrected chi connectivity index (χ2v) is 7.87. The average molecular weight is 496 g/mol. The van der Waals surface area contributed by atoms with Crippen LogP contribution in [0.4, 0.5) is 0 Å².